The number of ether oxygens (including phenoxy) is 2. The van der Waals surface area contributed by atoms with Crippen molar-refractivity contribution < 1.29 is 19.1 Å². The van der Waals surface area contributed by atoms with Crippen molar-refractivity contribution in [3.63, 3.8) is 0 Å². The molecule has 152 valence electrons. The van der Waals surface area contributed by atoms with E-state index in [-0.39, 0.29) is 5.91 Å². The van der Waals surface area contributed by atoms with Crippen molar-refractivity contribution in [2.24, 2.45) is 0 Å². The van der Waals surface area contributed by atoms with Gasteiger partial charge in [0.25, 0.3) is 5.91 Å². The Bertz CT molecular complexity index is 925. The molecule has 0 N–H and O–H groups in total. The lowest BCUT2D eigenvalue weighted by Crippen LogP contribution is -2.52. The van der Waals surface area contributed by atoms with Gasteiger partial charge in [0.2, 0.25) is 0 Å². The Hall–Kier alpha value is -2.57. The zero-order valence-electron chi connectivity index (χ0n) is 16.3. The van der Waals surface area contributed by atoms with Crippen LogP contribution in [0.3, 0.4) is 0 Å². The number of esters is 1. The molecular formula is C22H23ClN2O4. The highest BCUT2D eigenvalue weighted by atomic mass is 35.5. The number of carbonyl (C=O) groups is 2. The van der Waals surface area contributed by atoms with Crippen LogP contribution in [-0.2, 0) is 22.5 Å². The summed E-state index contributed by atoms with van der Waals surface area (Å²) in [7, 11) is 1.65. The first-order chi connectivity index (χ1) is 14.0. The zero-order valence-corrected chi connectivity index (χ0v) is 17.0. The van der Waals surface area contributed by atoms with Crippen molar-refractivity contribution in [3.05, 3.63) is 64.2 Å². The van der Waals surface area contributed by atoms with E-state index in [0.717, 1.165) is 30.0 Å². The molecule has 0 radical (unpaired) electrons. The minimum absolute atomic E-state index is 0.118. The number of piperazine rings is 1. The van der Waals surface area contributed by atoms with E-state index in [0.29, 0.717) is 36.6 Å². The van der Waals surface area contributed by atoms with Crippen molar-refractivity contribution in [2.45, 2.75) is 19.1 Å². The number of rotatable bonds is 4. The SMILES string of the molecule is COc1ccc(Cl)cc1CN1CCN(C(=O)[C@H]2Cc3ccccc3C(=O)O2)CC1. The lowest BCUT2D eigenvalue weighted by atomic mass is 9.98. The molecule has 1 amide bonds. The number of hydrogen-bond donors (Lipinski definition) is 0. The van der Waals surface area contributed by atoms with Gasteiger partial charge in [-0.15, -0.1) is 0 Å². The number of amides is 1. The predicted octanol–water partition coefficient (Wildman–Crippen LogP) is 2.77. The van der Waals surface area contributed by atoms with Crippen LogP contribution in [0.25, 0.3) is 0 Å². The summed E-state index contributed by atoms with van der Waals surface area (Å²) in [5, 5.41) is 0.675. The van der Waals surface area contributed by atoms with E-state index in [1.54, 1.807) is 24.1 Å². The Kier molecular flexibility index (Phi) is 5.74. The van der Waals surface area contributed by atoms with Crippen LogP contribution >= 0.6 is 11.6 Å². The smallest absolute Gasteiger partial charge is 0.339 e. The maximum Gasteiger partial charge on any atom is 0.339 e. The lowest BCUT2D eigenvalue weighted by molar-refractivity contribution is -0.142. The normalized spacial score (nSPS) is 19.4. The van der Waals surface area contributed by atoms with Crippen LogP contribution in [0, 0.1) is 0 Å². The first-order valence-electron chi connectivity index (χ1n) is 9.67. The second kappa shape index (κ2) is 8.43. The fourth-order valence-electron chi connectivity index (χ4n) is 3.91. The Morgan fingerprint density at radius 2 is 1.93 bits per heavy atom. The molecule has 6 nitrogen and oxygen atoms in total. The molecule has 1 fully saturated rings. The third kappa shape index (κ3) is 4.23. The molecule has 2 aliphatic rings. The predicted molar refractivity (Wildman–Crippen MR) is 109 cm³/mol. The number of hydrogen-bond acceptors (Lipinski definition) is 5. The quantitative estimate of drug-likeness (QED) is 0.720. The maximum atomic E-state index is 12.9. The largest absolute Gasteiger partial charge is 0.496 e. The van der Waals surface area contributed by atoms with Gasteiger partial charge in [-0.1, -0.05) is 29.8 Å². The molecule has 0 bridgehead atoms. The molecular weight excluding hydrogens is 392 g/mol. The first kappa shape index (κ1) is 19.7. The summed E-state index contributed by atoms with van der Waals surface area (Å²) in [5.74, 6) is 0.269. The summed E-state index contributed by atoms with van der Waals surface area (Å²) in [5.41, 5.74) is 2.45. The van der Waals surface area contributed by atoms with Crippen LogP contribution in [0.2, 0.25) is 5.02 Å². The molecule has 0 aliphatic carbocycles. The van der Waals surface area contributed by atoms with Crippen LogP contribution < -0.4 is 4.74 Å². The number of cyclic esters (lactones) is 1. The summed E-state index contributed by atoms with van der Waals surface area (Å²) in [4.78, 5) is 29.2. The Labute approximate surface area is 174 Å². The fourth-order valence-corrected chi connectivity index (χ4v) is 4.11. The third-order valence-corrected chi connectivity index (χ3v) is 5.72. The van der Waals surface area contributed by atoms with Gasteiger partial charge in [-0.05, 0) is 29.8 Å². The second-order valence-electron chi connectivity index (χ2n) is 7.31. The van der Waals surface area contributed by atoms with Gasteiger partial charge in [-0.3, -0.25) is 9.69 Å². The monoisotopic (exact) mass is 414 g/mol. The van der Waals surface area contributed by atoms with Gasteiger partial charge in [0, 0.05) is 49.7 Å². The number of halogens is 1. The summed E-state index contributed by atoms with van der Waals surface area (Å²) >= 11 is 6.12. The average molecular weight is 415 g/mol. The van der Waals surface area contributed by atoms with Gasteiger partial charge in [0.05, 0.1) is 12.7 Å². The van der Waals surface area contributed by atoms with E-state index in [2.05, 4.69) is 4.90 Å². The molecule has 1 atom stereocenters. The second-order valence-corrected chi connectivity index (χ2v) is 7.75. The maximum absolute atomic E-state index is 12.9. The summed E-state index contributed by atoms with van der Waals surface area (Å²) in [6.45, 7) is 3.36. The summed E-state index contributed by atoms with van der Waals surface area (Å²) in [6, 6.07) is 12.9. The summed E-state index contributed by atoms with van der Waals surface area (Å²) < 4.78 is 10.8. The number of methoxy groups -OCH3 is 1. The van der Waals surface area contributed by atoms with Gasteiger partial charge >= 0.3 is 5.97 Å². The molecule has 0 spiro atoms. The average Bonchev–Trinajstić information content (AvgIpc) is 2.74. The molecule has 2 aromatic rings. The number of benzene rings is 2. The molecule has 2 aromatic carbocycles. The van der Waals surface area contributed by atoms with Crippen molar-refractivity contribution in [3.8, 4) is 5.75 Å². The van der Waals surface area contributed by atoms with Crippen molar-refractivity contribution in [1.82, 2.24) is 9.80 Å². The number of fused-ring (bicyclic) bond motifs is 1. The van der Waals surface area contributed by atoms with Crippen LogP contribution in [-0.4, -0.2) is 61.1 Å². The number of nitrogens with zero attached hydrogens (tertiary/aromatic N) is 2. The summed E-state index contributed by atoms with van der Waals surface area (Å²) in [6.07, 6.45) is -0.308. The Balaban J connectivity index is 1.36. The van der Waals surface area contributed by atoms with E-state index >= 15 is 0 Å². The third-order valence-electron chi connectivity index (χ3n) is 5.49. The fraction of sp³-hybridized carbons (Fsp3) is 0.364. The topological polar surface area (TPSA) is 59.1 Å². The van der Waals surface area contributed by atoms with Crippen LogP contribution in [0.4, 0.5) is 0 Å². The van der Waals surface area contributed by atoms with E-state index in [1.807, 2.05) is 30.3 Å². The van der Waals surface area contributed by atoms with Crippen LogP contribution in [0.5, 0.6) is 5.75 Å². The van der Waals surface area contributed by atoms with E-state index < -0.39 is 12.1 Å². The van der Waals surface area contributed by atoms with Crippen molar-refractivity contribution in [2.75, 3.05) is 33.3 Å². The van der Waals surface area contributed by atoms with Crippen LogP contribution in [0.1, 0.15) is 21.5 Å². The van der Waals surface area contributed by atoms with Gasteiger partial charge in [0.1, 0.15) is 5.75 Å². The minimum Gasteiger partial charge on any atom is -0.496 e. The molecule has 0 unspecified atom stereocenters. The Morgan fingerprint density at radius 3 is 2.69 bits per heavy atom. The standard InChI is InChI=1S/C22H23ClN2O4/c1-28-19-7-6-17(23)12-16(19)14-24-8-10-25(11-9-24)21(26)20-13-15-4-2-3-5-18(15)22(27)29-20/h2-7,12,20H,8-11,13-14H2,1H3/t20-/m1/s1. The van der Waals surface area contributed by atoms with E-state index in [1.165, 1.54) is 0 Å². The zero-order chi connectivity index (χ0) is 20.4. The number of carbonyl (C=O) groups excluding carboxylic acids is 2. The van der Waals surface area contributed by atoms with E-state index in [9.17, 15) is 9.59 Å². The van der Waals surface area contributed by atoms with Gasteiger partial charge in [0.15, 0.2) is 6.10 Å². The highest BCUT2D eigenvalue weighted by Gasteiger charge is 2.34. The van der Waals surface area contributed by atoms with Crippen molar-refractivity contribution >= 4 is 23.5 Å². The van der Waals surface area contributed by atoms with Crippen molar-refractivity contribution in [1.29, 1.82) is 0 Å². The molecule has 29 heavy (non-hydrogen) atoms. The molecule has 0 saturated carbocycles. The van der Waals surface area contributed by atoms with Gasteiger partial charge in [-0.25, -0.2) is 4.79 Å². The van der Waals surface area contributed by atoms with E-state index in [4.69, 9.17) is 21.1 Å². The molecule has 0 aromatic heterocycles. The molecule has 2 heterocycles. The first-order valence-corrected chi connectivity index (χ1v) is 10.1. The minimum atomic E-state index is -0.739. The van der Waals surface area contributed by atoms with Crippen LogP contribution in [0.15, 0.2) is 42.5 Å². The molecule has 1 saturated heterocycles. The lowest BCUT2D eigenvalue weighted by Gasteiger charge is -2.37. The van der Waals surface area contributed by atoms with Gasteiger partial charge < -0.3 is 14.4 Å². The molecule has 4 rings (SSSR count). The highest BCUT2D eigenvalue weighted by molar-refractivity contribution is 6.30. The molecule has 7 heteroatoms. The van der Waals surface area contributed by atoms with Gasteiger partial charge in [-0.2, -0.15) is 0 Å². The molecule has 2 aliphatic heterocycles. The highest BCUT2D eigenvalue weighted by Crippen LogP contribution is 2.25. The Morgan fingerprint density at radius 1 is 1.17 bits per heavy atom.